The van der Waals surface area contributed by atoms with Gasteiger partial charge in [-0.05, 0) is 30.2 Å². The van der Waals surface area contributed by atoms with E-state index in [4.69, 9.17) is 0 Å². The number of sulfone groups is 1. The highest BCUT2D eigenvalue weighted by molar-refractivity contribution is 7.95. The second kappa shape index (κ2) is 14.9. The van der Waals surface area contributed by atoms with E-state index in [1.807, 2.05) is 19.9 Å². The first-order chi connectivity index (χ1) is 20.5. The van der Waals surface area contributed by atoms with E-state index in [0.29, 0.717) is 24.5 Å². The van der Waals surface area contributed by atoms with Gasteiger partial charge in [0.2, 0.25) is 11.8 Å². The summed E-state index contributed by atoms with van der Waals surface area (Å²) in [5.74, 6) is -2.01. The van der Waals surface area contributed by atoms with Crippen LogP contribution in [0.3, 0.4) is 0 Å². The lowest BCUT2D eigenvalue weighted by molar-refractivity contribution is -0.131. The lowest BCUT2D eigenvalue weighted by Gasteiger charge is -2.33. The van der Waals surface area contributed by atoms with Gasteiger partial charge in [0.1, 0.15) is 12.1 Å². The minimum absolute atomic E-state index is 0.101. The van der Waals surface area contributed by atoms with Crippen molar-refractivity contribution in [1.82, 2.24) is 15.6 Å². The minimum atomic E-state index is -3.76. The van der Waals surface area contributed by atoms with Crippen molar-refractivity contribution in [2.75, 3.05) is 0 Å². The number of aliphatic hydroxyl groups is 2. The van der Waals surface area contributed by atoms with Gasteiger partial charge in [-0.3, -0.25) is 9.59 Å². The fraction of sp³-hybridized carbons (Fsp3) is 0.594. The van der Waals surface area contributed by atoms with E-state index in [9.17, 15) is 28.2 Å². The lowest BCUT2D eigenvalue weighted by Crippen LogP contribution is -2.56. The van der Waals surface area contributed by atoms with Crippen molar-refractivity contribution in [3.05, 3.63) is 64.5 Å². The van der Waals surface area contributed by atoms with E-state index in [0.717, 1.165) is 36.7 Å². The van der Waals surface area contributed by atoms with Crippen LogP contribution in [0.2, 0.25) is 0 Å². The Labute approximate surface area is 259 Å². The molecule has 2 fully saturated rings. The van der Waals surface area contributed by atoms with Gasteiger partial charge in [0.15, 0.2) is 9.84 Å². The summed E-state index contributed by atoms with van der Waals surface area (Å²) in [6, 6.07) is 7.25. The maximum atomic E-state index is 13.9. The van der Waals surface area contributed by atoms with Gasteiger partial charge in [0.25, 0.3) is 0 Å². The number of benzene rings is 1. The molecule has 2 aliphatic rings. The first-order valence-corrected chi connectivity index (χ1v) is 17.8. The number of hydrogen-bond donors (Lipinski definition) is 4. The number of rotatable bonds is 15. The third-order valence-corrected chi connectivity index (χ3v) is 11.2. The molecule has 4 rings (SSSR count). The second-order valence-corrected chi connectivity index (χ2v) is 15.2. The summed E-state index contributed by atoms with van der Waals surface area (Å²) in [5, 5.41) is 29.5. The number of aromatic nitrogens is 1. The zero-order chi connectivity index (χ0) is 31.1. The molecule has 1 aromatic heterocycles. The van der Waals surface area contributed by atoms with Gasteiger partial charge in [-0.15, -0.1) is 11.3 Å². The Kier molecular flexibility index (Phi) is 11.6. The lowest BCUT2D eigenvalue weighted by atomic mass is 9.82. The fourth-order valence-corrected chi connectivity index (χ4v) is 8.59. The van der Waals surface area contributed by atoms with Crippen LogP contribution in [0.1, 0.15) is 76.0 Å². The molecule has 2 amide bonds. The average molecular weight is 632 g/mol. The Morgan fingerprint density at radius 3 is 2.42 bits per heavy atom. The van der Waals surface area contributed by atoms with Crippen molar-refractivity contribution in [3.8, 4) is 0 Å². The summed E-state index contributed by atoms with van der Waals surface area (Å²) < 4.78 is 25.7. The molecule has 43 heavy (non-hydrogen) atoms. The van der Waals surface area contributed by atoms with Crippen molar-refractivity contribution >= 4 is 33.0 Å². The molecule has 0 saturated heterocycles. The largest absolute Gasteiger partial charge is 0.390 e. The number of nitrogens with one attached hydrogen (secondary N) is 2. The van der Waals surface area contributed by atoms with Crippen LogP contribution in [0.15, 0.2) is 53.2 Å². The van der Waals surface area contributed by atoms with E-state index in [1.165, 1.54) is 17.8 Å². The molecule has 0 aliphatic heterocycles. The molecular formula is C32H45N3O6S2. The van der Waals surface area contributed by atoms with E-state index >= 15 is 0 Å². The van der Waals surface area contributed by atoms with Crippen LogP contribution in [0, 0.1) is 17.8 Å². The van der Waals surface area contributed by atoms with E-state index < -0.39 is 63.0 Å². The number of carbonyl (C=O) groups is 2. The zero-order valence-corrected chi connectivity index (χ0v) is 26.6. The first-order valence-electron chi connectivity index (χ1n) is 15.3. The number of aliphatic hydroxyl groups excluding tert-OH is 2. The normalized spacial score (nSPS) is 23.6. The highest BCUT2D eigenvalue weighted by Crippen LogP contribution is 2.53. The molecule has 4 N–H and O–H groups in total. The van der Waals surface area contributed by atoms with Crippen LogP contribution in [-0.4, -0.2) is 65.0 Å². The summed E-state index contributed by atoms with van der Waals surface area (Å²) in [6.45, 7) is 7.37. The predicted molar refractivity (Wildman–Crippen MR) is 168 cm³/mol. The molecule has 2 aromatic rings. The molecule has 0 bridgehead atoms. The molecule has 9 nitrogen and oxygen atoms in total. The molecule has 236 valence electrons. The van der Waals surface area contributed by atoms with Crippen molar-refractivity contribution in [2.24, 2.45) is 17.8 Å². The van der Waals surface area contributed by atoms with E-state index in [1.54, 1.807) is 35.2 Å². The summed E-state index contributed by atoms with van der Waals surface area (Å²) in [5.41, 5.74) is 2.98. The number of nitrogens with zero attached hydrogens (tertiary/aromatic N) is 1. The molecule has 11 heteroatoms. The number of hydrogen-bond acceptors (Lipinski definition) is 8. The molecule has 7 atom stereocenters. The van der Waals surface area contributed by atoms with Crippen LogP contribution < -0.4 is 10.6 Å². The third-order valence-electron chi connectivity index (χ3n) is 8.74. The van der Waals surface area contributed by atoms with Gasteiger partial charge < -0.3 is 20.8 Å². The highest BCUT2D eigenvalue weighted by Gasteiger charge is 2.61. The molecule has 1 heterocycles. The Morgan fingerprint density at radius 2 is 1.81 bits per heavy atom. The van der Waals surface area contributed by atoms with Gasteiger partial charge in [-0.1, -0.05) is 82.9 Å². The maximum absolute atomic E-state index is 13.9. The van der Waals surface area contributed by atoms with Gasteiger partial charge in [-0.25, -0.2) is 13.4 Å². The van der Waals surface area contributed by atoms with Crippen molar-refractivity contribution in [1.29, 1.82) is 0 Å². The SMILES string of the molecule is C=CS(=O)(=O)[C@@H]1[C@@H](C(=O)N[C@@H](Cc2cscn2)C(=O)N[C@@H](CC2CCCCC2)[C@@H](O)[C@@H](O)CC(C)C)[C@@H]1c1ccccc1. The number of carbonyl (C=O) groups excluding carboxylic acids is 2. The summed E-state index contributed by atoms with van der Waals surface area (Å²) in [7, 11) is -3.76. The topological polar surface area (TPSA) is 146 Å². The number of amides is 2. The minimum Gasteiger partial charge on any atom is -0.390 e. The van der Waals surface area contributed by atoms with Crippen LogP contribution in [0.4, 0.5) is 0 Å². The fourth-order valence-electron chi connectivity index (χ4n) is 6.45. The first kappa shape index (κ1) is 33.3. The summed E-state index contributed by atoms with van der Waals surface area (Å²) >= 11 is 1.37. The molecule has 0 radical (unpaired) electrons. The second-order valence-electron chi connectivity index (χ2n) is 12.5. The van der Waals surface area contributed by atoms with Gasteiger partial charge in [-0.2, -0.15) is 0 Å². The van der Waals surface area contributed by atoms with E-state index in [-0.39, 0.29) is 12.3 Å². The Balaban J connectivity index is 1.55. The highest BCUT2D eigenvalue weighted by atomic mass is 32.2. The summed E-state index contributed by atoms with van der Waals surface area (Å²) in [6.07, 6.45) is 4.19. The number of thiazole rings is 1. The van der Waals surface area contributed by atoms with Gasteiger partial charge in [0, 0.05) is 23.1 Å². The smallest absolute Gasteiger partial charge is 0.243 e. The van der Waals surface area contributed by atoms with Gasteiger partial charge >= 0.3 is 0 Å². The van der Waals surface area contributed by atoms with Crippen LogP contribution in [0.5, 0.6) is 0 Å². The Hall–Kier alpha value is -2.60. The average Bonchev–Trinajstić information content (AvgIpc) is 3.56. The third kappa shape index (κ3) is 8.74. The van der Waals surface area contributed by atoms with E-state index in [2.05, 4.69) is 22.2 Å². The molecular weight excluding hydrogens is 587 g/mol. The molecule has 0 spiro atoms. The van der Waals surface area contributed by atoms with Gasteiger partial charge in [0.05, 0.1) is 34.5 Å². The Morgan fingerprint density at radius 1 is 1.12 bits per heavy atom. The Bertz CT molecular complexity index is 1310. The standard InChI is InChI=1S/C32H45N3O6S2/c1-4-43(40,41)30-27(22-13-9-6-10-14-22)28(30)32(39)35-25(17-23-18-42-19-33-23)31(38)34-24(16-21-11-7-5-8-12-21)29(37)26(36)15-20(2)3/h4,6,9-10,13-14,18-21,24-30,36-37H,1,5,7-8,11-12,15-17H2,2-3H3,(H,34,38)(H,35,39)/t24-,25-,26-,27-,28-,29+,30-/m0/s1. The quantitative estimate of drug-likeness (QED) is 0.234. The molecule has 2 aliphatic carbocycles. The van der Waals surface area contributed by atoms with Crippen LogP contribution in [-0.2, 0) is 25.8 Å². The van der Waals surface area contributed by atoms with Crippen molar-refractivity contribution in [2.45, 2.75) is 101 Å². The molecule has 0 unspecified atom stereocenters. The monoisotopic (exact) mass is 631 g/mol. The van der Waals surface area contributed by atoms with Crippen LogP contribution >= 0.6 is 11.3 Å². The maximum Gasteiger partial charge on any atom is 0.243 e. The predicted octanol–water partition coefficient (Wildman–Crippen LogP) is 3.73. The molecule has 2 saturated carbocycles. The zero-order valence-electron chi connectivity index (χ0n) is 25.0. The summed E-state index contributed by atoms with van der Waals surface area (Å²) in [4.78, 5) is 31.8. The molecule has 1 aromatic carbocycles. The van der Waals surface area contributed by atoms with Crippen molar-refractivity contribution in [3.63, 3.8) is 0 Å². The van der Waals surface area contributed by atoms with Crippen molar-refractivity contribution < 1.29 is 28.2 Å². The van der Waals surface area contributed by atoms with Crippen LogP contribution in [0.25, 0.3) is 0 Å².